The molecule has 3 N–H and O–H groups in total. The molecule has 0 radical (unpaired) electrons. The highest BCUT2D eigenvalue weighted by Crippen LogP contribution is 2.47. The molecule has 1 heterocycles. The summed E-state index contributed by atoms with van der Waals surface area (Å²) < 4.78 is 20.6. The maximum atomic E-state index is 13.6. The van der Waals surface area contributed by atoms with Gasteiger partial charge in [0.2, 0.25) is 11.7 Å². The van der Waals surface area contributed by atoms with E-state index >= 15 is 0 Å². The molecule has 0 saturated carbocycles. The molecule has 1 aliphatic carbocycles. The number of benzene rings is 4. The highest BCUT2D eigenvalue weighted by molar-refractivity contribution is 14.1. The van der Waals surface area contributed by atoms with Crippen molar-refractivity contribution >= 4 is 40.4 Å². The minimum atomic E-state index is -1.30. The predicted molar refractivity (Wildman–Crippen MR) is 182 cm³/mol. The molecule has 6 rings (SSSR count). The highest BCUT2D eigenvalue weighted by Gasteiger charge is 2.54. The molecule has 2 amide bonds. The Kier molecular flexibility index (Phi) is 10.1. The molecule has 0 bridgehead atoms. The maximum Gasteiger partial charge on any atom is 0.338 e. The van der Waals surface area contributed by atoms with Gasteiger partial charge < -0.3 is 30.0 Å². The lowest BCUT2D eigenvalue weighted by molar-refractivity contribution is -0.157. The molecule has 4 aromatic rings. The summed E-state index contributed by atoms with van der Waals surface area (Å²) >= 11 is 2.17. The van der Waals surface area contributed by atoms with E-state index in [4.69, 9.17) is 19.3 Å². The van der Waals surface area contributed by atoms with E-state index in [1.807, 2.05) is 78.9 Å². The van der Waals surface area contributed by atoms with Gasteiger partial charge in [0.1, 0.15) is 18.3 Å². The first-order chi connectivity index (χ1) is 22.9. The van der Waals surface area contributed by atoms with Crippen molar-refractivity contribution in [2.75, 3.05) is 13.2 Å². The lowest BCUT2D eigenvalue weighted by Crippen LogP contribution is -2.43. The van der Waals surface area contributed by atoms with E-state index < -0.39 is 30.1 Å². The average Bonchev–Trinajstić information content (AvgIpc) is 3.52. The second kappa shape index (κ2) is 14.6. The van der Waals surface area contributed by atoms with E-state index in [2.05, 4.69) is 33.2 Å². The molecule has 4 aromatic carbocycles. The number of aliphatic hydroxyl groups is 1. The van der Waals surface area contributed by atoms with Crippen LogP contribution in [0.5, 0.6) is 0 Å². The van der Waals surface area contributed by atoms with E-state index in [1.165, 1.54) is 0 Å². The largest absolute Gasteiger partial charge is 0.456 e. The Morgan fingerprint density at radius 3 is 2.15 bits per heavy atom. The Hall–Kier alpha value is -4.36. The van der Waals surface area contributed by atoms with Gasteiger partial charge in [0, 0.05) is 45.3 Å². The fourth-order valence-electron chi connectivity index (χ4n) is 5.77. The zero-order valence-corrected chi connectivity index (χ0v) is 27.5. The molecule has 3 atom stereocenters. The van der Waals surface area contributed by atoms with Gasteiger partial charge in [-0.15, -0.1) is 0 Å². The Balaban J connectivity index is 1.28. The number of hydrogen-bond acceptors (Lipinski definition) is 7. The average molecular weight is 745 g/mol. The zero-order valence-electron chi connectivity index (χ0n) is 25.3. The smallest absolute Gasteiger partial charge is 0.338 e. The number of esters is 1. The lowest BCUT2D eigenvalue weighted by atomic mass is 9.91. The molecule has 1 aliphatic heterocycles. The van der Waals surface area contributed by atoms with Crippen LogP contribution in [0.2, 0.25) is 0 Å². The van der Waals surface area contributed by atoms with Crippen LogP contribution in [0.4, 0.5) is 0 Å². The van der Waals surface area contributed by atoms with Crippen LogP contribution >= 0.6 is 22.6 Å². The number of carbonyl (C=O) groups excluding carboxylic acids is 3. The molecule has 1 fully saturated rings. The summed E-state index contributed by atoms with van der Waals surface area (Å²) in [6.45, 7) is 0.146. The van der Waals surface area contributed by atoms with Gasteiger partial charge in [0.05, 0.1) is 12.2 Å². The minimum Gasteiger partial charge on any atom is -0.456 e. The van der Waals surface area contributed by atoms with Crippen molar-refractivity contribution in [1.29, 1.82) is 0 Å². The van der Waals surface area contributed by atoms with Crippen LogP contribution < -0.4 is 10.6 Å². The number of amides is 2. The molecule has 2 aliphatic rings. The molecule has 10 heteroatoms. The molecule has 0 spiro atoms. The number of nitrogens with one attached hydrogen (secondary N) is 2. The first-order valence-electron chi connectivity index (χ1n) is 15.3. The van der Waals surface area contributed by atoms with Gasteiger partial charge >= 0.3 is 5.97 Å². The van der Waals surface area contributed by atoms with E-state index in [0.717, 1.165) is 20.3 Å². The molecule has 47 heavy (non-hydrogen) atoms. The van der Waals surface area contributed by atoms with Gasteiger partial charge in [-0.25, -0.2) is 4.79 Å². The Morgan fingerprint density at radius 1 is 0.809 bits per heavy atom. The predicted octanol–water partition coefficient (Wildman–Crippen LogP) is 4.87. The van der Waals surface area contributed by atoms with Crippen molar-refractivity contribution in [2.24, 2.45) is 0 Å². The summed E-state index contributed by atoms with van der Waals surface area (Å²) in [5.41, 5.74) is 3.46. The van der Waals surface area contributed by atoms with E-state index in [0.29, 0.717) is 16.7 Å². The highest BCUT2D eigenvalue weighted by atomic mass is 127. The normalized spacial score (nSPS) is 19.6. The second-order valence-electron chi connectivity index (χ2n) is 11.2. The number of rotatable bonds is 10. The molecule has 240 valence electrons. The molecular formula is C37H33IN2O7. The third-order valence-corrected chi connectivity index (χ3v) is 8.78. The van der Waals surface area contributed by atoms with Crippen LogP contribution in [0.3, 0.4) is 0 Å². The molecule has 0 aromatic heterocycles. The summed E-state index contributed by atoms with van der Waals surface area (Å²) in [6.07, 6.45) is -0.380. The van der Waals surface area contributed by atoms with E-state index in [-0.39, 0.29) is 37.9 Å². The Bertz CT molecular complexity index is 1720. The summed E-state index contributed by atoms with van der Waals surface area (Å²) in [4.78, 5) is 39.4. The summed E-state index contributed by atoms with van der Waals surface area (Å²) in [5, 5.41) is 14.6. The van der Waals surface area contributed by atoms with Gasteiger partial charge in [-0.05, 0) is 70.6 Å². The fourth-order valence-corrected chi connectivity index (χ4v) is 6.13. The zero-order chi connectivity index (χ0) is 32.8. The number of carbonyl (C=O) groups is 3. The number of fused-ring (bicyclic) bond motifs is 1. The van der Waals surface area contributed by atoms with Crippen molar-refractivity contribution in [1.82, 2.24) is 10.6 Å². The fraction of sp³-hybridized carbons (Fsp3) is 0.216. The summed E-state index contributed by atoms with van der Waals surface area (Å²) in [5.74, 6) is -2.49. The van der Waals surface area contributed by atoms with Crippen molar-refractivity contribution in [3.63, 3.8) is 0 Å². The van der Waals surface area contributed by atoms with Gasteiger partial charge in [0.15, 0.2) is 0 Å². The minimum absolute atomic E-state index is 0.107. The number of ether oxygens (including phenoxy) is 3. The Morgan fingerprint density at radius 2 is 1.49 bits per heavy atom. The van der Waals surface area contributed by atoms with E-state index in [9.17, 15) is 14.4 Å². The standard InChI is InChI=1S/C37H33IN2O7/c38-30-16-14-25(15-17-30)36(44)45-31-21-27(35(43)40-23-24-8-7-9-26(20-24)34(42)39-18-19-41)22-32-33(31)47-37(46-32,28-10-3-1-4-11-28)29-12-5-2-6-13-29/h1-17,20,22,31-33,41H,18-19,21,23H2,(H,39,42)(H,40,43)/t31-,32-,33+/m1/s1. The van der Waals surface area contributed by atoms with Gasteiger partial charge in [-0.1, -0.05) is 72.8 Å². The van der Waals surface area contributed by atoms with Gasteiger partial charge in [-0.2, -0.15) is 0 Å². The topological polar surface area (TPSA) is 123 Å². The monoisotopic (exact) mass is 744 g/mol. The number of hydrogen-bond donors (Lipinski definition) is 3. The van der Waals surface area contributed by atoms with Crippen LogP contribution in [0.1, 0.15) is 43.8 Å². The van der Waals surface area contributed by atoms with Crippen LogP contribution in [-0.4, -0.2) is 54.4 Å². The molecule has 9 nitrogen and oxygen atoms in total. The first-order valence-corrected chi connectivity index (χ1v) is 16.3. The van der Waals surface area contributed by atoms with Crippen LogP contribution in [-0.2, 0) is 31.3 Å². The third-order valence-electron chi connectivity index (χ3n) is 8.06. The van der Waals surface area contributed by atoms with Crippen LogP contribution in [0.15, 0.2) is 121 Å². The lowest BCUT2D eigenvalue weighted by Gasteiger charge is -2.31. The SMILES string of the molecule is O=C(NCc1cccc(C(=O)NCCO)c1)C1=C[C@H]2OC(c3ccccc3)(c3ccccc3)O[C@H]2[C@H](OC(=O)c2ccc(I)cc2)C1. The molecular weight excluding hydrogens is 711 g/mol. The maximum absolute atomic E-state index is 13.6. The molecule has 1 saturated heterocycles. The molecule has 0 unspecified atom stereocenters. The number of halogens is 1. The van der Waals surface area contributed by atoms with Crippen molar-refractivity contribution in [3.05, 3.63) is 152 Å². The van der Waals surface area contributed by atoms with Crippen LogP contribution in [0.25, 0.3) is 0 Å². The first kappa shape index (κ1) is 32.6. The summed E-state index contributed by atoms with van der Waals surface area (Å²) in [7, 11) is 0. The van der Waals surface area contributed by atoms with E-state index in [1.54, 1.807) is 36.4 Å². The van der Waals surface area contributed by atoms with Crippen molar-refractivity contribution in [3.8, 4) is 0 Å². The second-order valence-corrected chi connectivity index (χ2v) is 12.5. The third kappa shape index (κ3) is 7.31. The van der Waals surface area contributed by atoms with Crippen LogP contribution in [0, 0.1) is 3.57 Å². The quantitative estimate of drug-likeness (QED) is 0.157. The number of aliphatic hydroxyl groups excluding tert-OH is 1. The summed E-state index contributed by atoms with van der Waals surface area (Å²) in [6, 6.07) is 33.1. The van der Waals surface area contributed by atoms with Crippen molar-refractivity contribution < 1.29 is 33.7 Å². The van der Waals surface area contributed by atoms with Gasteiger partial charge in [0.25, 0.3) is 5.91 Å². The van der Waals surface area contributed by atoms with Gasteiger partial charge in [-0.3, -0.25) is 9.59 Å². The van der Waals surface area contributed by atoms with Crippen molar-refractivity contribution in [2.45, 2.75) is 37.1 Å². The Labute approximate surface area is 286 Å².